The normalized spacial score (nSPS) is 23.2. The lowest BCUT2D eigenvalue weighted by Gasteiger charge is -2.24. The van der Waals surface area contributed by atoms with Gasteiger partial charge in [-0.15, -0.1) is 5.10 Å². The molecule has 2 fully saturated rings. The van der Waals surface area contributed by atoms with Crippen LogP contribution in [0.1, 0.15) is 18.5 Å². The van der Waals surface area contributed by atoms with Gasteiger partial charge in [0, 0.05) is 37.1 Å². The molecule has 2 atom stereocenters. The van der Waals surface area contributed by atoms with E-state index in [1.54, 1.807) is 0 Å². The van der Waals surface area contributed by atoms with Gasteiger partial charge in [-0.1, -0.05) is 0 Å². The zero-order valence-corrected chi connectivity index (χ0v) is 14.4. The summed E-state index contributed by atoms with van der Waals surface area (Å²) in [6.45, 7) is 5.32. The number of nitrogens with zero attached hydrogens (tertiary/aromatic N) is 5. The lowest BCUT2D eigenvalue weighted by Crippen LogP contribution is -2.40. The van der Waals surface area contributed by atoms with Crippen molar-refractivity contribution in [2.24, 2.45) is 5.92 Å². The van der Waals surface area contributed by atoms with Crippen molar-refractivity contribution in [3.63, 3.8) is 0 Å². The number of hydrogen-bond acceptors (Lipinski definition) is 5. The summed E-state index contributed by atoms with van der Waals surface area (Å²) in [6.07, 6.45) is 6.24. The average molecular weight is 334 g/mol. The van der Waals surface area contributed by atoms with Gasteiger partial charge in [-0.05, 0) is 56.5 Å². The topological polar surface area (TPSA) is 58.4 Å². The summed E-state index contributed by atoms with van der Waals surface area (Å²) in [5.74, 6) is 1.78. The molecule has 128 valence electrons. The number of rotatable bonds is 2. The molecule has 5 rings (SSSR count). The van der Waals surface area contributed by atoms with E-state index in [4.69, 9.17) is 5.10 Å². The van der Waals surface area contributed by atoms with Gasteiger partial charge in [0.15, 0.2) is 5.65 Å². The number of piperidine rings is 1. The maximum absolute atomic E-state index is 4.94. The Morgan fingerprint density at radius 1 is 1.12 bits per heavy atom. The lowest BCUT2D eigenvalue weighted by molar-refractivity contribution is 0.340. The highest BCUT2D eigenvalue weighted by Gasteiger charge is 2.35. The Bertz CT molecular complexity index is 889. The molecule has 2 aliphatic heterocycles. The molecule has 2 aliphatic rings. The van der Waals surface area contributed by atoms with Gasteiger partial charge in [-0.25, -0.2) is 9.50 Å². The minimum Gasteiger partial charge on any atom is -0.353 e. The molecular formula is C19H22N6. The Kier molecular flexibility index (Phi) is 3.45. The highest BCUT2D eigenvalue weighted by molar-refractivity contribution is 5.66. The van der Waals surface area contributed by atoms with Crippen LogP contribution in [0.15, 0.2) is 36.7 Å². The molecule has 3 aromatic heterocycles. The first-order chi connectivity index (χ1) is 12.3. The molecule has 0 radical (unpaired) electrons. The van der Waals surface area contributed by atoms with Crippen molar-refractivity contribution in [2.45, 2.75) is 25.8 Å². The Morgan fingerprint density at radius 2 is 2.00 bits per heavy atom. The number of nitrogens with one attached hydrogen (secondary N) is 1. The Hall–Kier alpha value is -2.47. The monoisotopic (exact) mass is 334 g/mol. The first-order valence-electron chi connectivity index (χ1n) is 9.05. The quantitative estimate of drug-likeness (QED) is 0.779. The van der Waals surface area contributed by atoms with E-state index < -0.39 is 0 Å². The molecule has 0 saturated carbocycles. The zero-order chi connectivity index (χ0) is 16.8. The van der Waals surface area contributed by atoms with Gasteiger partial charge >= 0.3 is 0 Å². The average Bonchev–Trinajstić information content (AvgIpc) is 3.21. The third-order valence-corrected chi connectivity index (χ3v) is 5.51. The van der Waals surface area contributed by atoms with Crippen molar-refractivity contribution in [2.75, 3.05) is 24.5 Å². The van der Waals surface area contributed by atoms with E-state index in [9.17, 15) is 0 Å². The molecule has 25 heavy (non-hydrogen) atoms. The maximum Gasteiger partial charge on any atom is 0.154 e. The van der Waals surface area contributed by atoms with Crippen LogP contribution in [0.25, 0.3) is 16.9 Å². The fraction of sp³-hybridized carbons (Fsp3) is 0.421. The van der Waals surface area contributed by atoms with E-state index in [-0.39, 0.29) is 0 Å². The van der Waals surface area contributed by atoms with Crippen LogP contribution < -0.4 is 10.2 Å². The second-order valence-corrected chi connectivity index (χ2v) is 7.11. The van der Waals surface area contributed by atoms with E-state index >= 15 is 0 Å². The van der Waals surface area contributed by atoms with E-state index in [0.717, 1.165) is 54.0 Å². The molecule has 0 unspecified atom stereocenters. The number of imidazole rings is 1. The summed E-state index contributed by atoms with van der Waals surface area (Å²) >= 11 is 0. The smallest absolute Gasteiger partial charge is 0.154 e. The van der Waals surface area contributed by atoms with E-state index in [0.29, 0.717) is 6.04 Å². The third-order valence-electron chi connectivity index (χ3n) is 5.51. The number of aryl methyl sites for hydroxylation is 1. The van der Waals surface area contributed by atoms with Gasteiger partial charge < -0.3 is 10.2 Å². The molecule has 0 aromatic carbocycles. The molecule has 2 saturated heterocycles. The van der Waals surface area contributed by atoms with E-state index in [1.165, 1.54) is 12.8 Å². The number of fused-ring (bicyclic) bond motifs is 2. The van der Waals surface area contributed by atoms with Gasteiger partial charge in [0.05, 0.1) is 11.4 Å². The van der Waals surface area contributed by atoms with Crippen LogP contribution in [0.4, 0.5) is 5.82 Å². The number of anilines is 1. The minimum absolute atomic E-state index is 0.607. The molecule has 0 spiro atoms. The van der Waals surface area contributed by atoms with Gasteiger partial charge in [0.1, 0.15) is 5.82 Å². The van der Waals surface area contributed by atoms with Gasteiger partial charge in [0.25, 0.3) is 0 Å². The fourth-order valence-corrected chi connectivity index (χ4v) is 4.28. The predicted molar refractivity (Wildman–Crippen MR) is 97.7 cm³/mol. The second kappa shape index (κ2) is 5.81. The standard InChI is InChI=1S/C19H22N6/c1-13-19(14-6-9-20-10-7-14)25-17(22-13)4-5-18(23-25)24-11-15-3-2-8-21-16(15)12-24/h4-7,9-10,15-16,21H,2-3,8,11-12H2,1H3/t15-,16-/m1/s1. The molecule has 0 amide bonds. The van der Waals surface area contributed by atoms with Gasteiger partial charge in [-0.2, -0.15) is 0 Å². The summed E-state index contributed by atoms with van der Waals surface area (Å²) in [6, 6.07) is 8.82. The lowest BCUT2D eigenvalue weighted by atomic mass is 9.94. The third kappa shape index (κ3) is 2.48. The molecule has 0 aliphatic carbocycles. The van der Waals surface area contributed by atoms with Crippen LogP contribution in [0.5, 0.6) is 0 Å². The highest BCUT2D eigenvalue weighted by atomic mass is 15.3. The maximum atomic E-state index is 4.94. The predicted octanol–water partition coefficient (Wildman–Crippen LogP) is 2.29. The molecule has 5 heterocycles. The highest BCUT2D eigenvalue weighted by Crippen LogP contribution is 2.29. The zero-order valence-electron chi connectivity index (χ0n) is 14.4. The van der Waals surface area contributed by atoms with Crippen molar-refractivity contribution in [3.05, 3.63) is 42.4 Å². The van der Waals surface area contributed by atoms with Crippen molar-refractivity contribution in [1.29, 1.82) is 0 Å². The fourth-order valence-electron chi connectivity index (χ4n) is 4.28. The Morgan fingerprint density at radius 3 is 2.84 bits per heavy atom. The summed E-state index contributed by atoms with van der Waals surface area (Å²) in [5, 5.41) is 8.61. The van der Waals surface area contributed by atoms with Crippen LogP contribution in [-0.2, 0) is 0 Å². The van der Waals surface area contributed by atoms with E-state index in [2.05, 4.69) is 32.3 Å². The van der Waals surface area contributed by atoms with Crippen LogP contribution in [0.2, 0.25) is 0 Å². The van der Waals surface area contributed by atoms with Crippen molar-refractivity contribution < 1.29 is 0 Å². The largest absolute Gasteiger partial charge is 0.353 e. The first-order valence-corrected chi connectivity index (χ1v) is 9.05. The van der Waals surface area contributed by atoms with Crippen molar-refractivity contribution in [1.82, 2.24) is 24.9 Å². The molecule has 3 aromatic rings. The number of aromatic nitrogens is 4. The van der Waals surface area contributed by atoms with E-state index in [1.807, 2.05) is 36.0 Å². The molecule has 1 N–H and O–H groups in total. The summed E-state index contributed by atoms with van der Waals surface area (Å²) in [4.78, 5) is 11.2. The summed E-state index contributed by atoms with van der Waals surface area (Å²) < 4.78 is 1.98. The van der Waals surface area contributed by atoms with Gasteiger partial charge in [0.2, 0.25) is 0 Å². The number of hydrogen-bond donors (Lipinski definition) is 1. The first kappa shape index (κ1) is 14.8. The molecular weight excluding hydrogens is 312 g/mol. The Labute approximate surface area is 146 Å². The van der Waals surface area contributed by atoms with Crippen LogP contribution in [-0.4, -0.2) is 45.3 Å². The summed E-state index contributed by atoms with van der Waals surface area (Å²) in [7, 11) is 0. The Balaban J connectivity index is 1.55. The summed E-state index contributed by atoms with van der Waals surface area (Å²) in [5.41, 5.74) is 4.03. The van der Waals surface area contributed by atoms with Gasteiger partial charge in [-0.3, -0.25) is 4.98 Å². The molecule has 6 heteroatoms. The van der Waals surface area contributed by atoms with Crippen LogP contribution in [0.3, 0.4) is 0 Å². The minimum atomic E-state index is 0.607. The van der Waals surface area contributed by atoms with Crippen LogP contribution in [0, 0.1) is 12.8 Å². The van der Waals surface area contributed by atoms with Crippen molar-refractivity contribution in [3.8, 4) is 11.3 Å². The number of pyridine rings is 1. The second-order valence-electron chi connectivity index (χ2n) is 7.11. The molecule has 6 nitrogen and oxygen atoms in total. The SMILES string of the molecule is Cc1nc2ccc(N3C[C@H]4CCCN[C@@H]4C3)nn2c1-c1ccncc1. The molecule has 0 bridgehead atoms. The van der Waals surface area contributed by atoms with Crippen molar-refractivity contribution >= 4 is 11.5 Å². The van der Waals surface area contributed by atoms with Crippen LogP contribution >= 0.6 is 0 Å².